The molecule has 120 valence electrons. The van der Waals surface area contributed by atoms with Crippen LogP contribution in [0.15, 0.2) is 34.7 Å². The van der Waals surface area contributed by atoms with Crippen LogP contribution in [0.2, 0.25) is 0 Å². The van der Waals surface area contributed by atoms with E-state index >= 15 is 0 Å². The van der Waals surface area contributed by atoms with Crippen molar-refractivity contribution >= 4 is 23.1 Å². The van der Waals surface area contributed by atoms with E-state index in [4.69, 9.17) is 4.74 Å². The first-order valence-corrected chi connectivity index (χ1v) is 9.19. The first kappa shape index (κ1) is 16.4. The summed E-state index contributed by atoms with van der Waals surface area (Å²) in [4.78, 5) is 13.6. The number of nitrogens with zero attached hydrogens (tertiary/aromatic N) is 4. The molecule has 1 aromatic carbocycles. The molecule has 3 rings (SSSR count). The van der Waals surface area contributed by atoms with Crippen molar-refractivity contribution < 1.29 is 4.74 Å². The number of aromatic nitrogens is 3. The summed E-state index contributed by atoms with van der Waals surface area (Å²) in [6.07, 6.45) is 1.90. The van der Waals surface area contributed by atoms with Gasteiger partial charge in [0.2, 0.25) is 0 Å². The van der Waals surface area contributed by atoms with Gasteiger partial charge >= 0.3 is 0 Å². The number of methoxy groups -OCH3 is 1. The van der Waals surface area contributed by atoms with Crippen molar-refractivity contribution in [2.45, 2.75) is 11.9 Å². The van der Waals surface area contributed by atoms with E-state index in [1.807, 2.05) is 42.8 Å². The van der Waals surface area contributed by atoms with Crippen molar-refractivity contribution in [1.82, 2.24) is 15.0 Å². The molecule has 0 aliphatic rings. The van der Waals surface area contributed by atoms with Crippen LogP contribution in [-0.2, 0) is 0 Å². The molecule has 0 saturated heterocycles. The SMILES string of the molecule is COc1ccc(-c2nc(-c3csc(C)n3)nc(SC)c2C#N)cc1. The highest BCUT2D eigenvalue weighted by atomic mass is 32.2. The average Bonchev–Trinajstić information content (AvgIpc) is 3.07. The predicted octanol–water partition coefficient (Wildman–Crippen LogP) is 4.18. The maximum Gasteiger partial charge on any atom is 0.180 e. The molecule has 0 aliphatic heterocycles. The first-order chi connectivity index (χ1) is 11.7. The Balaban J connectivity index is 2.20. The molecule has 0 amide bonds. The topological polar surface area (TPSA) is 71.7 Å². The summed E-state index contributed by atoms with van der Waals surface area (Å²) >= 11 is 2.98. The molecule has 0 unspecified atom stereocenters. The maximum atomic E-state index is 9.58. The molecule has 24 heavy (non-hydrogen) atoms. The van der Waals surface area contributed by atoms with Crippen molar-refractivity contribution in [3.63, 3.8) is 0 Å². The molecular weight excluding hydrogens is 340 g/mol. The summed E-state index contributed by atoms with van der Waals surface area (Å²) in [5, 5.41) is 13.1. The molecule has 0 aliphatic carbocycles. The fourth-order valence-corrected chi connectivity index (χ4v) is 3.34. The minimum absolute atomic E-state index is 0.475. The van der Waals surface area contributed by atoms with Crippen LogP contribution in [0, 0.1) is 18.3 Å². The van der Waals surface area contributed by atoms with Crippen molar-refractivity contribution in [1.29, 1.82) is 5.26 Å². The molecule has 0 saturated carbocycles. The summed E-state index contributed by atoms with van der Waals surface area (Å²) < 4.78 is 5.19. The van der Waals surface area contributed by atoms with Crippen LogP contribution in [0.1, 0.15) is 10.6 Å². The van der Waals surface area contributed by atoms with Gasteiger partial charge in [-0.3, -0.25) is 0 Å². The highest BCUT2D eigenvalue weighted by Crippen LogP contribution is 2.31. The van der Waals surface area contributed by atoms with Gasteiger partial charge in [-0.25, -0.2) is 15.0 Å². The lowest BCUT2D eigenvalue weighted by atomic mass is 10.1. The van der Waals surface area contributed by atoms with Crippen LogP contribution >= 0.6 is 23.1 Å². The van der Waals surface area contributed by atoms with Gasteiger partial charge < -0.3 is 4.74 Å². The van der Waals surface area contributed by atoms with Gasteiger partial charge in [-0.05, 0) is 37.4 Å². The lowest BCUT2D eigenvalue weighted by molar-refractivity contribution is 0.415. The lowest BCUT2D eigenvalue weighted by Gasteiger charge is -2.09. The number of hydrogen-bond acceptors (Lipinski definition) is 7. The van der Waals surface area contributed by atoms with E-state index < -0.39 is 0 Å². The molecule has 0 N–H and O–H groups in total. The summed E-state index contributed by atoms with van der Waals surface area (Å²) in [5.41, 5.74) is 2.66. The largest absolute Gasteiger partial charge is 0.497 e. The average molecular weight is 354 g/mol. The number of benzene rings is 1. The molecule has 3 aromatic rings. The normalized spacial score (nSPS) is 10.4. The van der Waals surface area contributed by atoms with Crippen molar-refractivity contribution in [2.75, 3.05) is 13.4 Å². The Bertz CT molecular complexity index is 913. The number of hydrogen-bond donors (Lipinski definition) is 0. The molecule has 0 spiro atoms. The molecule has 0 radical (unpaired) electrons. The Kier molecular flexibility index (Phi) is 4.79. The number of thiazole rings is 1. The number of aryl methyl sites for hydroxylation is 1. The number of rotatable bonds is 4. The molecule has 0 bridgehead atoms. The van der Waals surface area contributed by atoms with Crippen LogP contribution in [0.4, 0.5) is 0 Å². The van der Waals surface area contributed by atoms with E-state index in [2.05, 4.69) is 21.0 Å². The molecule has 0 fully saturated rings. The van der Waals surface area contributed by atoms with Gasteiger partial charge in [0.15, 0.2) is 5.82 Å². The van der Waals surface area contributed by atoms with Crippen LogP contribution in [0.25, 0.3) is 22.8 Å². The molecular formula is C17H14N4OS2. The monoisotopic (exact) mass is 354 g/mol. The molecule has 5 nitrogen and oxygen atoms in total. The van der Waals surface area contributed by atoms with Gasteiger partial charge in [-0.2, -0.15) is 5.26 Å². The summed E-state index contributed by atoms with van der Waals surface area (Å²) in [6, 6.07) is 9.72. The predicted molar refractivity (Wildman–Crippen MR) is 96.4 cm³/mol. The standard InChI is InChI=1S/C17H14N4OS2/c1-10-19-14(9-24-10)16-20-15(13(8-18)17(21-16)23-3)11-4-6-12(22-2)7-5-11/h4-7,9H,1-3H3. The molecule has 0 atom stereocenters. The first-order valence-electron chi connectivity index (χ1n) is 7.09. The van der Waals surface area contributed by atoms with Crippen LogP contribution in [-0.4, -0.2) is 28.3 Å². The maximum absolute atomic E-state index is 9.58. The Morgan fingerprint density at radius 3 is 2.46 bits per heavy atom. The second-order valence-electron chi connectivity index (χ2n) is 4.87. The van der Waals surface area contributed by atoms with E-state index in [0.717, 1.165) is 22.0 Å². The highest BCUT2D eigenvalue weighted by molar-refractivity contribution is 7.98. The zero-order chi connectivity index (χ0) is 17.1. The third-order valence-corrected chi connectivity index (χ3v) is 4.85. The zero-order valence-corrected chi connectivity index (χ0v) is 15.0. The smallest absolute Gasteiger partial charge is 0.180 e. The molecule has 2 heterocycles. The van der Waals surface area contributed by atoms with Crippen molar-refractivity contribution in [3.05, 3.63) is 40.2 Å². The van der Waals surface area contributed by atoms with Crippen LogP contribution in [0.5, 0.6) is 5.75 Å². The van der Waals surface area contributed by atoms with Crippen molar-refractivity contribution in [2.24, 2.45) is 0 Å². The van der Waals surface area contributed by atoms with Gasteiger partial charge in [-0.1, -0.05) is 0 Å². The number of ether oxygens (including phenoxy) is 1. The summed E-state index contributed by atoms with van der Waals surface area (Å²) in [6.45, 7) is 1.94. The fourth-order valence-electron chi connectivity index (χ4n) is 2.23. The second kappa shape index (κ2) is 6.99. The quantitative estimate of drug-likeness (QED) is 0.517. The van der Waals surface area contributed by atoms with Gasteiger partial charge in [-0.15, -0.1) is 23.1 Å². The summed E-state index contributed by atoms with van der Waals surface area (Å²) in [7, 11) is 1.62. The van der Waals surface area contributed by atoms with Crippen molar-refractivity contribution in [3.8, 4) is 34.6 Å². The van der Waals surface area contributed by atoms with E-state index in [0.29, 0.717) is 22.1 Å². The van der Waals surface area contributed by atoms with E-state index in [1.165, 1.54) is 11.8 Å². The Morgan fingerprint density at radius 2 is 1.92 bits per heavy atom. The van der Waals surface area contributed by atoms with E-state index in [1.54, 1.807) is 18.4 Å². The Labute approximate surface area is 148 Å². The Morgan fingerprint density at radius 1 is 1.17 bits per heavy atom. The minimum atomic E-state index is 0.475. The Hall–Kier alpha value is -2.43. The van der Waals surface area contributed by atoms with Crippen LogP contribution in [0.3, 0.4) is 0 Å². The third-order valence-electron chi connectivity index (χ3n) is 3.39. The molecule has 7 heteroatoms. The highest BCUT2D eigenvalue weighted by Gasteiger charge is 2.17. The fraction of sp³-hybridized carbons (Fsp3) is 0.176. The second-order valence-corrected chi connectivity index (χ2v) is 6.73. The van der Waals surface area contributed by atoms with Crippen LogP contribution < -0.4 is 4.74 Å². The van der Waals surface area contributed by atoms with E-state index in [-0.39, 0.29) is 0 Å². The van der Waals surface area contributed by atoms with Gasteiger partial charge in [0, 0.05) is 10.9 Å². The third kappa shape index (κ3) is 3.11. The van der Waals surface area contributed by atoms with E-state index in [9.17, 15) is 5.26 Å². The van der Waals surface area contributed by atoms with Gasteiger partial charge in [0.25, 0.3) is 0 Å². The number of thioether (sulfide) groups is 1. The minimum Gasteiger partial charge on any atom is -0.497 e. The molecule has 2 aromatic heterocycles. The number of nitriles is 1. The summed E-state index contributed by atoms with van der Waals surface area (Å²) in [5.74, 6) is 1.29. The van der Waals surface area contributed by atoms with Gasteiger partial charge in [0.05, 0.1) is 17.8 Å². The van der Waals surface area contributed by atoms with Gasteiger partial charge in [0.1, 0.15) is 28.1 Å². The lowest BCUT2D eigenvalue weighted by Crippen LogP contribution is -2.00. The zero-order valence-electron chi connectivity index (χ0n) is 13.4.